The second kappa shape index (κ2) is 7.03. The lowest BCUT2D eigenvalue weighted by Crippen LogP contribution is -2.48. The van der Waals surface area contributed by atoms with Gasteiger partial charge in [-0.1, -0.05) is 0 Å². The summed E-state index contributed by atoms with van der Waals surface area (Å²) in [6.07, 6.45) is 4.56. The van der Waals surface area contributed by atoms with Crippen LogP contribution in [-0.4, -0.2) is 56.7 Å². The zero-order valence-electron chi connectivity index (χ0n) is 14.6. The molecule has 3 rings (SSSR count). The molecule has 130 valence electrons. The lowest BCUT2D eigenvalue weighted by Gasteiger charge is -2.31. The summed E-state index contributed by atoms with van der Waals surface area (Å²) < 4.78 is 1.75. The number of aryl methyl sites for hydroxylation is 1. The molecule has 0 aromatic carbocycles. The fourth-order valence-corrected chi connectivity index (χ4v) is 3.73. The van der Waals surface area contributed by atoms with E-state index in [0.29, 0.717) is 0 Å². The lowest BCUT2D eigenvalue weighted by molar-refractivity contribution is -0.139. The molecule has 7 heteroatoms. The van der Waals surface area contributed by atoms with Gasteiger partial charge in [-0.2, -0.15) is 5.10 Å². The number of rotatable bonds is 4. The van der Waals surface area contributed by atoms with Gasteiger partial charge in [-0.15, -0.1) is 11.3 Å². The van der Waals surface area contributed by atoms with Crippen LogP contribution in [0.5, 0.6) is 0 Å². The van der Waals surface area contributed by atoms with Crippen LogP contribution in [0.1, 0.15) is 31.0 Å². The number of hydrogen-bond acceptors (Lipinski definition) is 5. The Kier molecular flexibility index (Phi) is 5.01. The van der Waals surface area contributed by atoms with Crippen LogP contribution >= 0.6 is 11.3 Å². The molecule has 1 amide bonds. The second-order valence-electron chi connectivity index (χ2n) is 6.79. The summed E-state index contributed by atoms with van der Waals surface area (Å²) in [5.41, 5.74) is 0.485. The molecule has 1 aliphatic heterocycles. The topological polar surface area (TPSA) is 54.3 Å². The summed E-state index contributed by atoms with van der Waals surface area (Å²) in [5, 5.41) is 7.49. The van der Waals surface area contributed by atoms with E-state index in [0.717, 1.165) is 49.8 Å². The number of nitrogens with zero attached hydrogens (tertiary/aromatic N) is 5. The molecule has 0 radical (unpaired) electrons. The maximum Gasteiger partial charge on any atom is 0.250 e. The minimum atomic E-state index is -0.648. The second-order valence-corrected chi connectivity index (χ2v) is 7.85. The molecule has 24 heavy (non-hydrogen) atoms. The summed E-state index contributed by atoms with van der Waals surface area (Å²) in [5.74, 6) is 0.137. The van der Waals surface area contributed by atoms with Crippen LogP contribution in [0, 0.1) is 6.92 Å². The maximum atomic E-state index is 13.0. The van der Waals surface area contributed by atoms with E-state index in [1.165, 1.54) is 0 Å². The lowest BCUT2D eigenvalue weighted by atomic mass is 10.0. The molecule has 0 unspecified atom stereocenters. The van der Waals surface area contributed by atoms with Crippen molar-refractivity contribution >= 4 is 17.2 Å². The highest BCUT2D eigenvalue weighted by atomic mass is 32.1. The van der Waals surface area contributed by atoms with Crippen molar-refractivity contribution in [2.45, 2.75) is 39.3 Å². The first-order valence-corrected chi connectivity index (χ1v) is 9.27. The van der Waals surface area contributed by atoms with Crippen molar-refractivity contribution in [3.05, 3.63) is 34.5 Å². The number of hydrogen-bond donors (Lipinski definition) is 0. The Bertz CT molecular complexity index is 679. The van der Waals surface area contributed by atoms with E-state index in [2.05, 4.69) is 20.4 Å². The van der Waals surface area contributed by atoms with E-state index in [1.54, 1.807) is 22.2 Å². The van der Waals surface area contributed by atoms with Gasteiger partial charge in [-0.3, -0.25) is 14.4 Å². The minimum Gasteiger partial charge on any atom is -0.339 e. The van der Waals surface area contributed by atoms with E-state index >= 15 is 0 Å². The van der Waals surface area contributed by atoms with Gasteiger partial charge in [0.05, 0.1) is 10.7 Å². The van der Waals surface area contributed by atoms with Gasteiger partial charge in [0.2, 0.25) is 5.91 Å². The summed E-state index contributed by atoms with van der Waals surface area (Å²) in [4.78, 5) is 21.9. The van der Waals surface area contributed by atoms with Crippen LogP contribution in [0.4, 0.5) is 0 Å². The summed E-state index contributed by atoms with van der Waals surface area (Å²) in [6, 6.07) is 1.86. The smallest absolute Gasteiger partial charge is 0.250 e. The Balaban J connectivity index is 1.61. The Morgan fingerprint density at radius 1 is 1.29 bits per heavy atom. The van der Waals surface area contributed by atoms with Crippen molar-refractivity contribution in [1.29, 1.82) is 0 Å². The molecule has 0 saturated carbocycles. The highest BCUT2D eigenvalue weighted by Crippen LogP contribution is 2.19. The van der Waals surface area contributed by atoms with E-state index in [4.69, 9.17) is 0 Å². The monoisotopic (exact) mass is 347 g/mol. The third-order valence-corrected chi connectivity index (χ3v) is 5.35. The zero-order valence-corrected chi connectivity index (χ0v) is 15.4. The Morgan fingerprint density at radius 3 is 2.79 bits per heavy atom. The molecule has 0 bridgehead atoms. The fraction of sp³-hybridized carbons (Fsp3) is 0.588. The van der Waals surface area contributed by atoms with Crippen LogP contribution in [0.3, 0.4) is 0 Å². The van der Waals surface area contributed by atoms with Gasteiger partial charge in [-0.05, 0) is 33.3 Å². The molecule has 0 spiro atoms. The molecule has 0 aliphatic carbocycles. The predicted molar refractivity (Wildman–Crippen MR) is 94.9 cm³/mol. The van der Waals surface area contributed by atoms with Gasteiger partial charge in [-0.25, -0.2) is 4.98 Å². The SMILES string of the molecule is Cc1nc(CN2CCCN(C(=O)C(C)(C)n3cccn3)CC2)cs1. The largest absolute Gasteiger partial charge is 0.339 e. The van der Waals surface area contributed by atoms with E-state index in [9.17, 15) is 4.79 Å². The number of carbonyl (C=O) groups excluding carboxylic acids is 1. The first kappa shape index (κ1) is 17.1. The molecular formula is C17H25N5OS. The van der Waals surface area contributed by atoms with Crippen LogP contribution in [0.15, 0.2) is 23.8 Å². The van der Waals surface area contributed by atoms with Gasteiger partial charge in [0.25, 0.3) is 0 Å². The molecule has 2 aromatic heterocycles. The van der Waals surface area contributed by atoms with Gasteiger partial charge in [0.1, 0.15) is 5.54 Å². The van der Waals surface area contributed by atoms with Crippen LogP contribution in [-0.2, 0) is 16.9 Å². The predicted octanol–water partition coefficient (Wildman–Crippen LogP) is 2.12. The highest BCUT2D eigenvalue weighted by molar-refractivity contribution is 7.09. The highest BCUT2D eigenvalue weighted by Gasteiger charge is 2.34. The molecule has 2 aromatic rings. The van der Waals surface area contributed by atoms with E-state index < -0.39 is 5.54 Å². The molecule has 1 fully saturated rings. The third kappa shape index (κ3) is 3.67. The fourth-order valence-electron chi connectivity index (χ4n) is 3.13. The van der Waals surface area contributed by atoms with Crippen LogP contribution < -0.4 is 0 Å². The molecule has 3 heterocycles. The maximum absolute atomic E-state index is 13.0. The van der Waals surface area contributed by atoms with Crippen LogP contribution in [0.2, 0.25) is 0 Å². The number of thiazole rings is 1. The Labute approximate surface area is 147 Å². The Morgan fingerprint density at radius 2 is 2.12 bits per heavy atom. The average molecular weight is 347 g/mol. The first-order chi connectivity index (χ1) is 11.5. The quantitative estimate of drug-likeness (QED) is 0.850. The van der Waals surface area contributed by atoms with Crippen molar-refractivity contribution < 1.29 is 4.79 Å². The normalized spacial score (nSPS) is 17.0. The van der Waals surface area contributed by atoms with Crippen molar-refractivity contribution in [3.63, 3.8) is 0 Å². The Hall–Kier alpha value is -1.73. The summed E-state index contributed by atoms with van der Waals surface area (Å²) >= 11 is 1.69. The van der Waals surface area contributed by atoms with Gasteiger partial charge < -0.3 is 4.90 Å². The van der Waals surface area contributed by atoms with Crippen molar-refractivity contribution in [2.24, 2.45) is 0 Å². The molecule has 0 N–H and O–H groups in total. The van der Waals surface area contributed by atoms with Gasteiger partial charge in [0.15, 0.2) is 0 Å². The van der Waals surface area contributed by atoms with Crippen molar-refractivity contribution in [1.82, 2.24) is 24.6 Å². The van der Waals surface area contributed by atoms with Crippen molar-refractivity contribution in [3.8, 4) is 0 Å². The molecule has 1 aliphatic rings. The molecule has 1 saturated heterocycles. The molecule has 0 atom stereocenters. The average Bonchev–Trinajstić information content (AvgIpc) is 3.16. The molecular weight excluding hydrogens is 322 g/mol. The number of carbonyl (C=O) groups is 1. The van der Waals surface area contributed by atoms with E-state index in [1.807, 2.05) is 37.9 Å². The standard InChI is InChI=1S/C17H25N5OS/c1-14-19-15(13-24-14)12-20-7-5-8-21(11-10-20)16(23)17(2,3)22-9-4-6-18-22/h4,6,9,13H,5,7-8,10-12H2,1-3H3. The third-order valence-electron chi connectivity index (χ3n) is 4.53. The van der Waals surface area contributed by atoms with Gasteiger partial charge >= 0.3 is 0 Å². The van der Waals surface area contributed by atoms with Gasteiger partial charge in [0, 0.05) is 50.5 Å². The van der Waals surface area contributed by atoms with Crippen molar-refractivity contribution in [2.75, 3.05) is 26.2 Å². The minimum absolute atomic E-state index is 0.137. The number of aromatic nitrogens is 3. The number of amides is 1. The summed E-state index contributed by atoms with van der Waals surface area (Å²) in [6.45, 7) is 10.2. The van der Waals surface area contributed by atoms with E-state index in [-0.39, 0.29) is 5.91 Å². The summed E-state index contributed by atoms with van der Waals surface area (Å²) in [7, 11) is 0. The molecule has 6 nitrogen and oxygen atoms in total. The first-order valence-electron chi connectivity index (χ1n) is 8.39. The zero-order chi connectivity index (χ0) is 17.2. The van der Waals surface area contributed by atoms with Crippen LogP contribution in [0.25, 0.3) is 0 Å².